The standard InChI is InChI=1S/C20H18ClFN2O2S/c1-12-18(27-20(24-12)14-7-3-4-8-15(14)21)11-23-19(25)13(2)26-17-10-6-5-9-16(17)22/h3-10,13H,11H2,1-2H3,(H,23,25). The number of benzene rings is 2. The molecule has 0 fully saturated rings. The van der Waals surface area contributed by atoms with Crippen molar-refractivity contribution in [3.05, 3.63) is 69.9 Å². The smallest absolute Gasteiger partial charge is 0.261 e. The maximum absolute atomic E-state index is 13.6. The molecule has 1 heterocycles. The highest BCUT2D eigenvalue weighted by atomic mass is 35.5. The van der Waals surface area contributed by atoms with E-state index in [1.54, 1.807) is 19.1 Å². The molecule has 27 heavy (non-hydrogen) atoms. The van der Waals surface area contributed by atoms with Crippen molar-refractivity contribution < 1.29 is 13.9 Å². The van der Waals surface area contributed by atoms with Gasteiger partial charge in [0.05, 0.1) is 17.3 Å². The lowest BCUT2D eigenvalue weighted by Gasteiger charge is -2.14. The van der Waals surface area contributed by atoms with Gasteiger partial charge in [-0.05, 0) is 32.0 Å². The molecule has 1 unspecified atom stereocenters. The van der Waals surface area contributed by atoms with Gasteiger partial charge in [-0.1, -0.05) is 41.9 Å². The Balaban J connectivity index is 1.64. The maximum atomic E-state index is 13.6. The topological polar surface area (TPSA) is 51.2 Å². The minimum Gasteiger partial charge on any atom is -0.478 e. The molecule has 1 amide bonds. The summed E-state index contributed by atoms with van der Waals surface area (Å²) in [5.74, 6) is -0.777. The molecule has 0 aliphatic rings. The number of hydrogen-bond acceptors (Lipinski definition) is 4. The van der Waals surface area contributed by atoms with Crippen molar-refractivity contribution in [2.45, 2.75) is 26.5 Å². The number of aromatic nitrogens is 1. The molecule has 3 rings (SSSR count). The number of para-hydroxylation sites is 1. The van der Waals surface area contributed by atoms with Crippen LogP contribution in [0.25, 0.3) is 10.6 Å². The Labute approximate surface area is 166 Å². The first-order chi connectivity index (χ1) is 13.0. The Morgan fingerprint density at radius 2 is 1.96 bits per heavy atom. The van der Waals surface area contributed by atoms with E-state index in [2.05, 4.69) is 10.3 Å². The van der Waals surface area contributed by atoms with Crippen LogP contribution in [0.3, 0.4) is 0 Å². The van der Waals surface area contributed by atoms with Gasteiger partial charge in [-0.25, -0.2) is 9.37 Å². The van der Waals surface area contributed by atoms with Crippen LogP contribution in [0.2, 0.25) is 5.02 Å². The number of halogens is 2. The lowest BCUT2D eigenvalue weighted by Crippen LogP contribution is -2.36. The fraction of sp³-hybridized carbons (Fsp3) is 0.200. The number of rotatable bonds is 6. The predicted molar refractivity (Wildman–Crippen MR) is 106 cm³/mol. The molecule has 0 saturated carbocycles. The van der Waals surface area contributed by atoms with Crippen molar-refractivity contribution in [3.63, 3.8) is 0 Å². The van der Waals surface area contributed by atoms with Crippen molar-refractivity contribution in [3.8, 4) is 16.3 Å². The van der Waals surface area contributed by atoms with Gasteiger partial charge in [-0.2, -0.15) is 0 Å². The summed E-state index contributed by atoms with van der Waals surface area (Å²) in [5, 5.41) is 4.25. The van der Waals surface area contributed by atoms with Gasteiger partial charge in [0.2, 0.25) is 0 Å². The second-order valence-electron chi connectivity index (χ2n) is 5.92. The first-order valence-electron chi connectivity index (χ1n) is 8.36. The highest BCUT2D eigenvalue weighted by Gasteiger charge is 2.18. The van der Waals surface area contributed by atoms with E-state index in [-0.39, 0.29) is 11.7 Å². The molecule has 0 aliphatic carbocycles. The average Bonchev–Trinajstić information content (AvgIpc) is 3.02. The van der Waals surface area contributed by atoms with Gasteiger partial charge in [0.1, 0.15) is 5.01 Å². The van der Waals surface area contributed by atoms with Gasteiger partial charge in [-0.15, -0.1) is 11.3 Å². The molecule has 1 N–H and O–H groups in total. The van der Waals surface area contributed by atoms with Crippen LogP contribution < -0.4 is 10.1 Å². The number of carbonyl (C=O) groups is 1. The third-order valence-corrected chi connectivity index (χ3v) is 5.45. The van der Waals surface area contributed by atoms with Crippen molar-refractivity contribution in [2.75, 3.05) is 0 Å². The van der Waals surface area contributed by atoms with Crippen LogP contribution in [-0.4, -0.2) is 17.0 Å². The zero-order chi connectivity index (χ0) is 19.4. The molecular weight excluding hydrogens is 387 g/mol. The van der Waals surface area contributed by atoms with Crippen LogP contribution in [0, 0.1) is 12.7 Å². The summed E-state index contributed by atoms with van der Waals surface area (Å²) in [5.41, 5.74) is 1.69. The fourth-order valence-electron chi connectivity index (χ4n) is 2.44. The summed E-state index contributed by atoms with van der Waals surface area (Å²) in [6.07, 6.45) is -0.821. The van der Waals surface area contributed by atoms with E-state index in [1.807, 2.05) is 31.2 Å². The molecule has 0 radical (unpaired) electrons. The zero-order valence-corrected chi connectivity index (χ0v) is 16.4. The van der Waals surface area contributed by atoms with E-state index < -0.39 is 11.9 Å². The largest absolute Gasteiger partial charge is 0.478 e. The molecule has 0 spiro atoms. The number of nitrogens with one attached hydrogen (secondary N) is 1. The van der Waals surface area contributed by atoms with E-state index >= 15 is 0 Å². The highest BCUT2D eigenvalue weighted by molar-refractivity contribution is 7.15. The summed E-state index contributed by atoms with van der Waals surface area (Å²) in [6, 6.07) is 13.5. The van der Waals surface area contributed by atoms with Crippen LogP contribution in [0.4, 0.5) is 4.39 Å². The second kappa shape index (κ2) is 8.50. The first-order valence-corrected chi connectivity index (χ1v) is 9.55. The van der Waals surface area contributed by atoms with Crippen LogP contribution in [-0.2, 0) is 11.3 Å². The van der Waals surface area contributed by atoms with Gasteiger partial charge >= 0.3 is 0 Å². The van der Waals surface area contributed by atoms with E-state index in [1.165, 1.54) is 23.5 Å². The molecule has 3 aromatic rings. The summed E-state index contributed by atoms with van der Waals surface area (Å²) < 4.78 is 19.0. The van der Waals surface area contributed by atoms with E-state index in [0.29, 0.717) is 11.6 Å². The Bertz CT molecular complexity index is 961. The lowest BCUT2D eigenvalue weighted by atomic mass is 10.2. The molecule has 7 heteroatoms. The Morgan fingerprint density at radius 1 is 1.26 bits per heavy atom. The summed E-state index contributed by atoms with van der Waals surface area (Å²) >= 11 is 7.70. The van der Waals surface area contributed by atoms with Crippen LogP contribution in [0.5, 0.6) is 5.75 Å². The molecule has 1 atom stereocenters. The van der Waals surface area contributed by atoms with Crippen molar-refractivity contribution in [1.29, 1.82) is 0 Å². The fourth-order valence-corrected chi connectivity index (χ4v) is 3.76. The molecule has 0 aliphatic heterocycles. The molecular formula is C20H18ClFN2O2S. The Morgan fingerprint density at radius 3 is 2.70 bits per heavy atom. The third kappa shape index (κ3) is 4.64. The molecule has 4 nitrogen and oxygen atoms in total. The number of nitrogens with zero attached hydrogens (tertiary/aromatic N) is 1. The SMILES string of the molecule is Cc1nc(-c2ccccc2Cl)sc1CNC(=O)C(C)Oc1ccccc1F. The summed E-state index contributed by atoms with van der Waals surface area (Å²) in [7, 11) is 0. The van der Waals surface area contributed by atoms with Gasteiger partial charge in [-0.3, -0.25) is 4.79 Å². The third-order valence-electron chi connectivity index (χ3n) is 3.93. The van der Waals surface area contributed by atoms with Crippen LogP contribution in [0.15, 0.2) is 48.5 Å². The molecule has 1 aromatic heterocycles. The van der Waals surface area contributed by atoms with Crippen LogP contribution in [0.1, 0.15) is 17.5 Å². The number of thiazole rings is 1. The number of carbonyl (C=O) groups excluding carboxylic acids is 1. The minimum absolute atomic E-state index is 0.0510. The van der Waals surface area contributed by atoms with Crippen molar-refractivity contribution in [1.82, 2.24) is 10.3 Å². The van der Waals surface area contributed by atoms with Gasteiger partial charge in [0, 0.05) is 10.4 Å². The number of ether oxygens (including phenoxy) is 1. The maximum Gasteiger partial charge on any atom is 0.261 e. The predicted octanol–water partition coefficient (Wildman–Crippen LogP) is 4.99. The van der Waals surface area contributed by atoms with E-state index in [9.17, 15) is 9.18 Å². The summed E-state index contributed by atoms with van der Waals surface area (Å²) in [4.78, 5) is 17.8. The monoisotopic (exact) mass is 404 g/mol. The van der Waals surface area contributed by atoms with E-state index in [0.717, 1.165) is 21.1 Å². The highest BCUT2D eigenvalue weighted by Crippen LogP contribution is 2.32. The van der Waals surface area contributed by atoms with Crippen molar-refractivity contribution >= 4 is 28.8 Å². The zero-order valence-electron chi connectivity index (χ0n) is 14.8. The Hall–Kier alpha value is -2.44. The quantitative estimate of drug-likeness (QED) is 0.629. The lowest BCUT2D eigenvalue weighted by molar-refractivity contribution is -0.127. The molecule has 2 aromatic carbocycles. The second-order valence-corrected chi connectivity index (χ2v) is 7.41. The summed E-state index contributed by atoms with van der Waals surface area (Å²) in [6.45, 7) is 3.78. The van der Waals surface area contributed by atoms with Crippen LogP contribution >= 0.6 is 22.9 Å². The van der Waals surface area contributed by atoms with E-state index in [4.69, 9.17) is 16.3 Å². The number of amides is 1. The molecule has 140 valence electrons. The number of hydrogen-bond donors (Lipinski definition) is 1. The average molecular weight is 405 g/mol. The van der Waals surface area contributed by atoms with Crippen molar-refractivity contribution in [2.24, 2.45) is 0 Å². The van der Waals surface area contributed by atoms with Gasteiger partial charge in [0.15, 0.2) is 17.7 Å². The van der Waals surface area contributed by atoms with Gasteiger partial charge in [0.25, 0.3) is 5.91 Å². The Kier molecular flexibility index (Phi) is 6.08. The first kappa shape index (κ1) is 19.3. The van der Waals surface area contributed by atoms with Gasteiger partial charge < -0.3 is 10.1 Å². The molecule has 0 bridgehead atoms. The molecule has 0 saturated heterocycles. The minimum atomic E-state index is -0.821. The number of aryl methyl sites for hydroxylation is 1. The normalized spacial score (nSPS) is 11.9.